The largest absolute Gasteiger partial charge is 0.420 e. The average molecular weight is 319 g/mol. The maximum atomic E-state index is 12.3. The molecule has 2 aromatic heterocycles. The summed E-state index contributed by atoms with van der Waals surface area (Å²) >= 11 is 1.61. The van der Waals surface area contributed by atoms with Crippen LogP contribution in [0.15, 0.2) is 21.2 Å². The van der Waals surface area contributed by atoms with E-state index in [-0.39, 0.29) is 17.2 Å². The number of rotatable bonds is 2. The summed E-state index contributed by atoms with van der Waals surface area (Å²) in [5.74, 6) is 1.76. The van der Waals surface area contributed by atoms with Gasteiger partial charge in [0.25, 0.3) is 0 Å². The lowest BCUT2D eigenvalue weighted by atomic mass is 9.91. The van der Waals surface area contributed by atoms with Crippen molar-refractivity contribution in [2.45, 2.75) is 39.5 Å². The molecule has 0 aliphatic carbocycles. The van der Waals surface area contributed by atoms with Gasteiger partial charge in [-0.1, -0.05) is 20.8 Å². The molecule has 2 aromatic rings. The van der Waals surface area contributed by atoms with Crippen molar-refractivity contribution in [2.24, 2.45) is 5.41 Å². The molecule has 0 aromatic carbocycles. The summed E-state index contributed by atoms with van der Waals surface area (Å²) in [6, 6.07) is 1.98. The van der Waals surface area contributed by atoms with Gasteiger partial charge in [-0.15, -0.1) is 10.2 Å². The highest BCUT2D eigenvalue weighted by atomic mass is 32.1. The van der Waals surface area contributed by atoms with Crippen LogP contribution in [-0.2, 0) is 4.79 Å². The zero-order valence-corrected chi connectivity index (χ0v) is 14.0. The summed E-state index contributed by atoms with van der Waals surface area (Å²) in [4.78, 5) is 14.2. The van der Waals surface area contributed by atoms with E-state index < -0.39 is 0 Å². The van der Waals surface area contributed by atoms with Crippen LogP contribution in [0.4, 0.5) is 0 Å². The third kappa shape index (κ3) is 3.06. The minimum absolute atomic E-state index is 0.218. The summed E-state index contributed by atoms with van der Waals surface area (Å²) in [6.45, 7) is 7.42. The van der Waals surface area contributed by atoms with Gasteiger partial charge in [-0.3, -0.25) is 4.79 Å². The number of amides is 1. The van der Waals surface area contributed by atoms with Crippen molar-refractivity contribution in [1.82, 2.24) is 15.1 Å². The molecule has 3 heterocycles. The van der Waals surface area contributed by atoms with Crippen LogP contribution in [0.25, 0.3) is 11.5 Å². The lowest BCUT2D eigenvalue weighted by Crippen LogP contribution is -2.43. The van der Waals surface area contributed by atoms with Crippen molar-refractivity contribution < 1.29 is 9.21 Å². The highest BCUT2D eigenvalue weighted by molar-refractivity contribution is 7.08. The second-order valence-electron chi connectivity index (χ2n) is 6.77. The second-order valence-corrected chi connectivity index (χ2v) is 7.55. The van der Waals surface area contributed by atoms with Gasteiger partial charge in [-0.05, 0) is 24.3 Å². The Morgan fingerprint density at radius 1 is 1.32 bits per heavy atom. The van der Waals surface area contributed by atoms with E-state index in [1.807, 2.05) is 42.5 Å². The van der Waals surface area contributed by atoms with Crippen LogP contribution in [-0.4, -0.2) is 34.1 Å². The van der Waals surface area contributed by atoms with Gasteiger partial charge in [0.2, 0.25) is 17.7 Å². The number of carbonyl (C=O) groups excluding carboxylic acids is 1. The van der Waals surface area contributed by atoms with Gasteiger partial charge in [0, 0.05) is 35.4 Å². The van der Waals surface area contributed by atoms with Crippen molar-refractivity contribution in [2.75, 3.05) is 13.1 Å². The predicted octanol–water partition coefficient (Wildman–Crippen LogP) is 3.55. The number of hydrogen-bond acceptors (Lipinski definition) is 5. The molecule has 0 spiro atoms. The Bertz CT molecular complexity index is 635. The number of piperidine rings is 1. The lowest BCUT2D eigenvalue weighted by molar-refractivity contribution is -0.140. The fourth-order valence-corrected chi connectivity index (χ4v) is 3.34. The molecule has 1 aliphatic heterocycles. The zero-order valence-electron chi connectivity index (χ0n) is 13.2. The molecule has 0 N–H and O–H groups in total. The molecule has 22 heavy (non-hydrogen) atoms. The molecule has 6 heteroatoms. The predicted molar refractivity (Wildman–Crippen MR) is 85.6 cm³/mol. The summed E-state index contributed by atoms with van der Waals surface area (Å²) in [5.41, 5.74) is 0.660. The van der Waals surface area contributed by atoms with Gasteiger partial charge in [0.15, 0.2) is 0 Å². The molecule has 1 amide bonds. The standard InChI is InChI=1S/C16H21N3O2S/c1-16(2,3)15(20)19-7-4-11(5-8-19)13-17-18-14(21-13)12-6-9-22-10-12/h6,9-11H,4-5,7-8H2,1-3H3. The maximum Gasteiger partial charge on any atom is 0.248 e. The third-order valence-corrected chi connectivity index (χ3v) is 4.66. The molecule has 1 saturated heterocycles. The summed E-state index contributed by atoms with van der Waals surface area (Å²) in [6.07, 6.45) is 1.76. The minimum Gasteiger partial charge on any atom is -0.420 e. The van der Waals surface area contributed by atoms with Crippen LogP contribution in [0.3, 0.4) is 0 Å². The molecule has 0 bridgehead atoms. The summed E-state index contributed by atoms with van der Waals surface area (Å²) in [7, 11) is 0. The summed E-state index contributed by atoms with van der Waals surface area (Å²) < 4.78 is 5.81. The van der Waals surface area contributed by atoms with Gasteiger partial charge in [-0.25, -0.2) is 0 Å². The molecule has 1 aliphatic rings. The van der Waals surface area contributed by atoms with E-state index in [1.54, 1.807) is 11.3 Å². The Labute approximate surface area is 134 Å². The minimum atomic E-state index is -0.316. The number of aromatic nitrogens is 2. The topological polar surface area (TPSA) is 59.2 Å². The van der Waals surface area contributed by atoms with E-state index in [1.165, 1.54) is 0 Å². The first-order valence-corrected chi connectivity index (χ1v) is 8.55. The number of hydrogen-bond donors (Lipinski definition) is 0. The fourth-order valence-electron chi connectivity index (χ4n) is 2.71. The van der Waals surface area contributed by atoms with Crippen LogP contribution in [0.1, 0.15) is 45.4 Å². The molecule has 1 fully saturated rings. The third-order valence-electron chi connectivity index (χ3n) is 3.98. The molecular weight excluding hydrogens is 298 g/mol. The van der Waals surface area contributed by atoms with Crippen LogP contribution in [0.5, 0.6) is 0 Å². The monoisotopic (exact) mass is 319 g/mol. The van der Waals surface area contributed by atoms with Crippen LogP contribution >= 0.6 is 11.3 Å². The maximum absolute atomic E-state index is 12.3. The van der Waals surface area contributed by atoms with E-state index in [4.69, 9.17) is 4.42 Å². The molecule has 0 radical (unpaired) electrons. The van der Waals surface area contributed by atoms with Crippen molar-refractivity contribution in [1.29, 1.82) is 0 Å². The highest BCUT2D eigenvalue weighted by Gasteiger charge is 2.32. The van der Waals surface area contributed by atoms with E-state index in [0.717, 1.165) is 31.5 Å². The van der Waals surface area contributed by atoms with Crippen molar-refractivity contribution in [3.8, 4) is 11.5 Å². The van der Waals surface area contributed by atoms with Crippen LogP contribution in [0, 0.1) is 5.41 Å². The second kappa shape index (κ2) is 5.83. The molecule has 118 valence electrons. The Balaban J connectivity index is 1.64. The molecular formula is C16H21N3O2S. The zero-order chi connectivity index (χ0) is 15.7. The van der Waals surface area contributed by atoms with Crippen molar-refractivity contribution in [3.63, 3.8) is 0 Å². The number of nitrogens with zero attached hydrogens (tertiary/aromatic N) is 3. The van der Waals surface area contributed by atoms with Gasteiger partial charge < -0.3 is 9.32 Å². The first-order chi connectivity index (χ1) is 10.4. The van der Waals surface area contributed by atoms with Crippen LogP contribution in [0.2, 0.25) is 0 Å². The fraction of sp³-hybridized carbons (Fsp3) is 0.562. The smallest absolute Gasteiger partial charge is 0.248 e. The SMILES string of the molecule is CC(C)(C)C(=O)N1CCC(c2nnc(-c3ccsc3)o2)CC1. The lowest BCUT2D eigenvalue weighted by Gasteiger charge is -2.34. The van der Waals surface area contributed by atoms with Crippen molar-refractivity contribution >= 4 is 17.2 Å². The molecule has 5 nitrogen and oxygen atoms in total. The Hall–Kier alpha value is -1.69. The molecule has 0 atom stereocenters. The molecule has 0 unspecified atom stereocenters. The number of thiophene rings is 1. The van der Waals surface area contributed by atoms with E-state index in [9.17, 15) is 4.79 Å². The van der Waals surface area contributed by atoms with E-state index in [2.05, 4.69) is 10.2 Å². The highest BCUT2D eigenvalue weighted by Crippen LogP contribution is 2.31. The van der Waals surface area contributed by atoms with Gasteiger partial charge in [0.05, 0.1) is 0 Å². The molecule has 0 saturated carbocycles. The van der Waals surface area contributed by atoms with Crippen LogP contribution < -0.4 is 0 Å². The van der Waals surface area contributed by atoms with E-state index >= 15 is 0 Å². The van der Waals surface area contributed by atoms with Gasteiger partial charge in [-0.2, -0.15) is 11.3 Å². The average Bonchev–Trinajstić information content (AvgIpc) is 3.16. The first kappa shape index (κ1) is 15.2. The van der Waals surface area contributed by atoms with Crippen molar-refractivity contribution in [3.05, 3.63) is 22.7 Å². The number of carbonyl (C=O) groups is 1. The Morgan fingerprint density at radius 3 is 2.64 bits per heavy atom. The summed E-state index contributed by atoms with van der Waals surface area (Å²) in [5, 5.41) is 12.3. The number of likely N-dealkylation sites (tertiary alicyclic amines) is 1. The van der Waals surface area contributed by atoms with Gasteiger partial charge in [0.1, 0.15) is 0 Å². The Morgan fingerprint density at radius 2 is 2.05 bits per heavy atom. The Kier molecular flexibility index (Phi) is 4.04. The normalized spacial score (nSPS) is 17.0. The first-order valence-electron chi connectivity index (χ1n) is 7.60. The molecule has 3 rings (SSSR count). The van der Waals surface area contributed by atoms with E-state index in [0.29, 0.717) is 11.8 Å². The quantitative estimate of drug-likeness (QED) is 0.849. The van der Waals surface area contributed by atoms with Gasteiger partial charge >= 0.3 is 0 Å².